The van der Waals surface area contributed by atoms with E-state index in [9.17, 15) is 9.59 Å². The van der Waals surface area contributed by atoms with Crippen LogP contribution >= 0.6 is 11.8 Å². The second-order valence-electron chi connectivity index (χ2n) is 8.22. The Bertz CT molecular complexity index is 1250. The number of benzene rings is 2. The minimum atomic E-state index is -0.606. The molecule has 0 aromatic heterocycles. The van der Waals surface area contributed by atoms with Gasteiger partial charge in [0.1, 0.15) is 17.3 Å². The molecule has 0 spiro atoms. The van der Waals surface area contributed by atoms with E-state index in [2.05, 4.69) is 5.32 Å². The summed E-state index contributed by atoms with van der Waals surface area (Å²) in [5, 5.41) is 2.79. The highest BCUT2D eigenvalue weighted by atomic mass is 32.2. The molecule has 0 unspecified atom stereocenters. The number of amides is 2. The van der Waals surface area contributed by atoms with Crippen LogP contribution in [0.4, 0.5) is 4.39 Å². The number of primary amides is 1. The number of allylic oxidation sites excluding steroid dienone is 4. The third kappa shape index (κ3) is 5.43. The highest BCUT2D eigenvalue weighted by Gasteiger charge is 2.27. The SMILES string of the molecule is COc1c(C(N)=O)cc(CC2=CCC=C(C(=O)NCc3ccc(SC)cc3)C(F)=C2)c2c1CCO2. The van der Waals surface area contributed by atoms with Gasteiger partial charge in [0.2, 0.25) is 0 Å². The van der Waals surface area contributed by atoms with Gasteiger partial charge in [-0.2, -0.15) is 0 Å². The lowest BCUT2D eigenvalue weighted by atomic mass is 9.96. The van der Waals surface area contributed by atoms with E-state index in [1.807, 2.05) is 36.6 Å². The number of carbonyl (C=O) groups is 2. The van der Waals surface area contributed by atoms with Gasteiger partial charge in [-0.05, 0) is 53.7 Å². The van der Waals surface area contributed by atoms with Gasteiger partial charge in [-0.25, -0.2) is 4.39 Å². The smallest absolute Gasteiger partial charge is 0.254 e. The molecule has 1 aliphatic heterocycles. The van der Waals surface area contributed by atoms with Crippen LogP contribution in [-0.2, 0) is 24.2 Å². The zero-order chi connectivity index (χ0) is 24.9. The summed E-state index contributed by atoms with van der Waals surface area (Å²) >= 11 is 1.64. The third-order valence-electron chi connectivity index (χ3n) is 5.99. The van der Waals surface area contributed by atoms with Crippen molar-refractivity contribution in [1.29, 1.82) is 0 Å². The molecule has 4 rings (SSSR count). The Balaban J connectivity index is 1.49. The van der Waals surface area contributed by atoms with Gasteiger partial charge >= 0.3 is 0 Å². The molecule has 8 heteroatoms. The fourth-order valence-electron chi connectivity index (χ4n) is 4.26. The Kier molecular flexibility index (Phi) is 7.60. The molecule has 1 heterocycles. The lowest BCUT2D eigenvalue weighted by Gasteiger charge is -2.15. The first-order valence-electron chi connectivity index (χ1n) is 11.2. The molecule has 2 aromatic carbocycles. The van der Waals surface area contributed by atoms with Gasteiger partial charge < -0.3 is 20.5 Å². The highest BCUT2D eigenvalue weighted by molar-refractivity contribution is 7.98. The Morgan fingerprint density at radius 3 is 2.69 bits per heavy atom. The maximum Gasteiger partial charge on any atom is 0.254 e. The number of nitrogens with two attached hydrogens (primary N) is 1. The second kappa shape index (κ2) is 10.8. The quantitative estimate of drug-likeness (QED) is 0.530. The van der Waals surface area contributed by atoms with Gasteiger partial charge in [0.25, 0.3) is 11.8 Å². The van der Waals surface area contributed by atoms with Gasteiger partial charge in [-0.3, -0.25) is 9.59 Å². The topological polar surface area (TPSA) is 90.7 Å². The number of fused-ring (bicyclic) bond motifs is 1. The molecule has 2 amide bonds. The number of nitrogens with one attached hydrogen (secondary N) is 1. The van der Waals surface area contributed by atoms with Crippen LogP contribution < -0.4 is 20.5 Å². The average Bonchev–Trinajstić information content (AvgIpc) is 3.27. The highest BCUT2D eigenvalue weighted by Crippen LogP contribution is 2.40. The number of ether oxygens (including phenoxy) is 2. The molecule has 182 valence electrons. The van der Waals surface area contributed by atoms with E-state index in [1.54, 1.807) is 23.9 Å². The van der Waals surface area contributed by atoms with Crippen molar-refractivity contribution >= 4 is 23.6 Å². The number of carbonyl (C=O) groups excluding carboxylic acids is 2. The number of rotatable bonds is 8. The fourth-order valence-corrected chi connectivity index (χ4v) is 4.67. The number of hydrogen-bond acceptors (Lipinski definition) is 5. The summed E-state index contributed by atoms with van der Waals surface area (Å²) in [5.41, 5.74) is 8.98. The maximum absolute atomic E-state index is 15.1. The molecular weight excluding hydrogens is 467 g/mol. The predicted molar refractivity (Wildman–Crippen MR) is 134 cm³/mol. The molecule has 2 aromatic rings. The van der Waals surface area contributed by atoms with Crippen LogP contribution in [-0.4, -0.2) is 31.8 Å². The van der Waals surface area contributed by atoms with Gasteiger partial charge in [0.15, 0.2) is 0 Å². The summed E-state index contributed by atoms with van der Waals surface area (Å²) in [6.07, 6.45) is 8.11. The Hall–Kier alpha value is -3.52. The van der Waals surface area contributed by atoms with Crippen LogP contribution in [0, 0.1) is 0 Å². The Labute approximate surface area is 208 Å². The monoisotopic (exact) mass is 494 g/mol. The lowest BCUT2D eigenvalue weighted by Crippen LogP contribution is -2.24. The maximum atomic E-state index is 15.1. The van der Waals surface area contributed by atoms with E-state index in [-0.39, 0.29) is 11.1 Å². The van der Waals surface area contributed by atoms with Crippen molar-refractivity contribution < 1.29 is 23.5 Å². The van der Waals surface area contributed by atoms with E-state index in [0.29, 0.717) is 49.5 Å². The molecule has 0 bridgehead atoms. The normalized spacial score (nSPS) is 14.7. The molecule has 0 saturated carbocycles. The van der Waals surface area contributed by atoms with Crippen LogP contribution in [0.5, 0.6) is 11.5 Å². The van der Waals surface area contributed by atoms with Crippen LogP contribution in [0.3, 0.4) is 0 Å². The molecule has 0 atom stereocenters. The number of thioether (sulfide) groups is 1. The van der Waals surface area contributed by atoms with Crippen LogP contribution in [0.1, 0.15) is 33.5 Å². The Morgan fingerprint density at radius 1 is 1.23 bits per heavy atom. The molecular formula is C27H27FN2O4S. The van der Waals surface area contributed by atoms with Gasteiger partial charge in [0.05, 0.1) is 24.9 Å². The summed E-state index contributed by atoms with van der Waals surface area (Å²) in [5.74, 6) is -0.603. The molecule has 0 saturated heterocycles. The van der Waals surface area contributed by atoms with E-state index in [4.69, 9.17) is 15.2 Å². The van der Waals surface area contributed by atoms with E-state index in [1.165, 1.54) is 13.2 Å². The van der Waals surface area contributed by atoms with Gasteiger partial charge in [0, 0.05) is 29.8 Å². The molecule has 0 radical (unpaired) electrons. The molecule has 3 N–H and O–H groups in total. The third-order valence-corrected chi connectivity index (χ3v) is 6.74. The fraction of sp³-hybridized carbons (Fsp3) is 0.259. The van der Waals surface area contributed by atoms with Crippen LogP contribution in [0.2, 0.25) is 0 Å². The Morgan fingerprint density at radius 2 is 2.00 bits per heavy atom. The van der Waals surface area contributed by atoms with Crippen LogP contribution in [0.15, 0.2) is 70.4 Å². The van der Waals surface area contributed by atoms with E-state index in [0.717, 1.165) is 21.6 Å². The average molecular weight is 495 g/mol. The zero-order valence-corrected chi connectivity index (χ0v) is 20.5. The summed E-state index contributed by atoms with van der Waals surface area (Å²) in [6.45, 7) is 0.777. The molecule has 35 heavy (non-hydrogen) atoms. The predicted octanol–water partition coefficient (Wildman–Crippen LogP) is 4.42. The van der Waals surface area contributed by atoms with Crippen molar-refractivity contribution in [3.8, 4) is 11.5 Å². The zero-order valence-electron chi connectivity index (χ0n) is 19.7. The largest absolute Gasteiger partial charge is 0.495 e. The summed E-state index contributed by atoms with van der Waals surface area (Å²) < 4.78 is 26.3. The minimum Gasteiger partial charge on any atom is -0.495 e. The van der Waals surface area contributed by atoms with Crippen molar-refractivity contribution in [2.24, 2.45) is 5.73 Å². The number of halogens is 1. The summed E-state index contributed by atoms with van der Waals surface area (Å²) in [6, 6.07) is 9.49. The van der Waals surface area contributed by atoms with Crippen molar-refractivity contribution in [3.05, 3.63) is 87.8 Å². The summed E-state index contributed by atoms with van der Waals surface area (Å²) in [7, 11) is 1.49. The first-order valence-corrected chi connectivity index (χ1v) is 12.5. The van der Waals surface area contributed by atoms with E-state index < -0.39 is 17.6 Å². The number of hydrogen-bond donors (Lipinski definition) is 2. The molecule has 6 nitrogen and oxygen atoms in total. The molecule has 1 aliphatic carbocycles. The van der Waals surface area contributed by atoms with Crippen LogP contribution in [0.25, 0.3) is 0 Å². The van der Waals surface area contributed by atoms with Crippen molar-refractivity contribution in [2.75, 3.05) is 20.0 Å². The second-order valence-corrected chi connectivity index (χ2v) is 9.10. The standard InChI is InChI=1S/C27H27FN2O4S/c1-33-25-21-10-11-34-24(21)18(14-22(25)26(29)31)12-17-4-3-5-20(23(28)13-17)27(32)30-15-16-6-8-19(35-2)9-7-16/h4-9,13-14H,3,10-12,15H2,1-2H3,(H2,29,31)(H,30,32). The minimum absolute atomic E-state index is 0.00557. The van der Waals surface area contributed by atoms with Crippen molar-refractivity contribution in [2.45, 2.75) is 30.7 Å². The molecule has 0 fully saturated rings. The first kappa shape index (κ1) is 24.6. The van der Waals surface area contributed by atoms with Crippen molar-refractivity contribution in [3.63, 3.8) is 0 Å². The van der Waals surface area contributed by atoms with E-state index >= 15 is 4.39 Å². The van der Waals surface area contributed by atoms with Gasteiger partial charge in [-0.1, -0.05) is 24.3 Å². The first-order chi connectivity index (χ1) is 16.9. The summed E-state index contributed by atoms with van der Waals surface area (Å²) in [4.78, 5) is 25.8. The number of methoxy groups -OCH3 is 1. The van der Waals surface area contributed by atoms with Crippen molar-refractivity contribution in [1.82, 2.24) is 5.32 Å². The van der Waals surface area contributed by atoms with Gasteiger partial charge in [-0.15, -0.1) is 11.8 Å². The lowest BCUT2D eigenvalue weighted by molar-refractivity contribution is -0.117. The molecule has 2 aliphatic rings.